The number of hydrogen-bond acceptors (Lipinski definition) is 5. The minimum atomic E-state index is -4.96. The number of benzene rings is 1. The summed E-state index contributed by atoms with van der Waals surface area (Å²) >= 11 is 1.22. The fourth-order valence-corrected chi connectivity index (χ4v) is 3.02. The van der Waals surface area contributed by atoms with Gasteiger partial charge in [-0.1, -0.05) is 18.2 Å². The number of allylic oxidation sites excluding steroid dienone is 2. The maximum atomic E-state index is 12.7. The van der Waals surface area contributed by atoms with Crippen LogP contribution in [-0.2, 0) is 4.79 Å². The fraction of sp³-hybridized carbons (Fsp3) is 0.111. The van der Waals surface area contributed by atoms with Gasteiger partial charge >= 0.3 is 6.18 Å². The third kappa shape index (κ3) is 3.55. The number of hydrogen-bond donors (Lipinski definition) is 1. The average Bonchev–Trinajstić information content (AvgIpc) is 3.22. The smallest absolute Gasteiger partial charge is 0.450 e. The normalized spacial score (nSPS) is 12.4. The second-order valence-corrected chi connectivity index (χ2v) is 6.37. The average molecular weight is 379 g/mol. The second-order valence-electron chi connectivity index (χ2n) is 5.42. The number of thiophene rings is 1. The van der Waals surface area contributed by atoms with Crippen molar-refractivity contribution in [1.82, 2.24) is 0 Å². The van der Waals surface area contributed by atoms with Crippen molar-refractivity contribution < 1.29 is 27.2 Å². The van der Waals surface area contributed by atoms with Crippen LogP contribution >= 0.6 is 11.3 Å². The Morgan fingerprint density at radius 3 is 2.54 bits per heavy atom. The monoisotopic (exact) mass is 379 g/mol. The number of furan rings is 1. The molecule has 1 N–H and O–H groups in total. The molecule has 8 heteroatoms. The Bertz CT molecular complexity index is 1000. The van der Waals surface area contributed by atoms with E-state index in [1.807, 2.05) is 0 Å². The molecule has 0 aliphatic heterocycles. The Kier molecular flexibility index (Phi) is 4.69. The zero-order chi connectivity index (χ0) is 18.9. The molecule has 134 valence electrons. The van der Waals surface area contributed by atoms with Crippen LogP contribution in [0.3, 0.4) is 0 Å². The topological polar surface area (TPSA) is 59.3 Å². The first-order valence-electron chi connectivity index (χ1n) is 7.43. The number of para-hydroxylation sites is 1. The van der Waals surface area contributed by atoms with Crippen LogP contribution in [0.5, 0.6) is 0 Å². The van der Waals surface area contributed by atoms with Crippen LogP contribution in [0.1, 0.15) is 22.4 Å². The number of rotatable bonds is 5. The first kappa shape index (κ1) is 17.9. The summed E-state index contributed by atoms with van der Waals surface area (Å²) in [6.45, 7) is 1.31. The minimum absolute atomic E-state index is 0.0270. The van der Waals surface area contributed by atoms with Crippen LogP contribution in [0.2, 0.25) is 0 Å². The Morgan fingerprint density at radius 1 is 1.15 bits per heavy atom. The van der Waals surface area contributed by atoms with E-state index in [1.165, 1.54) is 18.3 Å². The van der Waals surface area contributed by atoms with Crippen LogP contribution in [0.15, 0.2) is 58.0 Å². The molecule has 4 nitrogen and oxygen atoms in total. The van der Waals surface area contributed by atoms with E-state index in [4.69, 9.17) is 4.42 Å². The molecule has 2 heterocycles. The summed E-state index contributed by atoms with van der Waals surface area (Å²) in [6.07, 6.45) is -4.52. The van der Waals surface area contributed by atoms with Gasteiger partial charge in [0.25, 0.3) is 5.78 Å². The van der Waals surface area contributed by atoms with Crippen molar-refractivity contribution in [2.45, 2.75) is 13.1 Å². The van der Waals surface area contributed by atoms with E-state index in [1.54, 1.807) is 41.8 Å². The van der Waals surface area contributed by atoms with E-state index < -0.39 is 17.7 Å². The van der Waals surface area contributed by atoms with E-state index in [-0.39, 0.29) is 17.1 Å². The highest BCUT2D eigenvalue weighted by Gasteiger charge is 2.36. The van der Waals surface area contributed by atoms with Gasteiger partial charge in [-0.3, -0.25) is 9.59 Å². The molecule has 0 radical (unpaired) electrons. The van der Waals surface area contributed by atoms with Crippen molar-refractivity contribution in [3.05, 3.63) is 64.2 Å². The molecular formula is C18H12F3NO3S. The van der Waals surface area contributed by atoms with E-state index in [9.17, 15) is 22.8 Å². The van der Waals surface area contributed by atoms with Crippen LogP contribution in [0.4, 0.5) is 18.9 Å². The Morgan fingerprint density at radius 2 is 1.88 bits per heavy atom. The number of carbonyl (C=O) groups is 2. The molecule has 0 saturated heterocycles. The Hall–Kier alpha value is -2.87. The van der Waals surface area contributed by atoms with Crippen LogP contribution in [-0.4, -0.2) is 17.7 Å². The summed E-state index contributed by atoms with van der Waals surface area (Å²) in [7, 11) is 0. The predicted octanol–water partition coefficient (Wildman–Crippen LogP) is 5.17. The summed E-state index contributed by atoms with van der Waals surface area (Å²) in [5.74, 6) is -2.41. The third-order valence-corrected chi connectivity index (χ3v) is 4.36. The molecule has 0 aliphatic rings. The largest absolute Gasteiger partial charge is 0.454 e. The summed E-state index contributed by atoms with van der Waals surface area (Å²) in [5.41, 5.74) is 0.576. The Labute approximate surface area is 149 Å². The fourth-order valence-electron chi connectivity index (χ4n) is 2.36. The SMILES string of the molecule is C/C(=C\C(=O)C(F)(F)F)Nc1c(C(=O)c2cccs2)oc2ccccc12. The van der Waals surface area contributed by atoms with E-state index in [0.717, 1.165) is 0 Å². The number of carbonyl (C=O) groups excluding carboxylic acids is 2. The van der Waals surface area contributed by atoms with Gasteiger partial charge in [0, 0.05) is 17.2 Å². The first-order chi connectivity index (χ1) is 12.3. The van der Waals surface area contributed by atoms with Crippen LogP contribution in [0, 0.1) is 0 Å². The molecule has 0 aliphatic carbocycles. The zero-order valence-electron chi connectivity index (χ0n) is 13.4. The number of alkyl halides is 3. The molecule has 1 aromatic carbocycles. The molecule has 0 atom stereocenters. The molecule has 0 amide bonds. The highest BCUT2D eigenvalue weighted by atomic mass is 32.1. The maximum Gasteiger partial charge on any atom is 0.454 e. The third-order valence-electron chi connectivity index (χ3n) is 3.50. The van der Waals surface area contributed by atoms with E-state index >= 15 is 0 Å². The molecule has 3 rings (SSSR count). The number of halogens is 3. The minimum Gasteiger partial charge on any atom is -0.450 e. The van der Waals surface area contributed by atoms with Crippen molar-refractivity contribution in [2.24, 2.45) is 0 Å². The molecule has 0 fully saturated rings. The standard InChI is InChI=1S/C18H12F3NO3S/c1-10(9-14(23)18(19,20)21)22-15-11-5-2-3-6-12(11)25-17(15)16(24)13-7-4-8-26-13/h2-9,22H,1H3/b10-9+. The van der Waals surface area contributed by atoms with Crippen LogP contribution in [0.25, 0.3) is 11.0 Å². The van der Waals surface area contributed by atoms with Gasteiger partial charge in [-0.2, -0.15) is 13.2 Å². The van der Waals surface area contributed by atoms with Crippen LogP contribution < -0.4 is 5.32 Å². The van der Waals surface area contributed by atoms with Crippen molar-refractivity contribution in [3.63, 3.8) is 0 Å². The molecular weight excluding hydrogens is 367 g/mol. The number of fused-ring (bicyclic) bond motifs is 1. The van der Waals surface area contributed by atoms with Gasteiger partial charge in [0.2, 0.25) is 5.78 Å². The summed E-state index contributed by atoms with van der Waals surface area (Å²) in [4.78, 5) is 24.2. The van der Waals surface area contributed by atoms with Crippen molar-refractivity contribution in [2.75, 3.05) is 5.32 Å². The summed E-state index contributed by atoms with van der Waals surface area (Å²) in [5, 5.41) is 4.97. The lowest BCUT2D eigenvalue weighted by atomic mass is 10.1. The van der Waals surface area contributed by atoms with Gasteiger partial charge in [0.15, 0.2) is 5.76 Å². The van der Waals surface area contributed by atoms with Gasteiger partial charge in [-0.25, -0.2) is 0 Å². The van der Waals surface area contributed by atoms with Crippen molar-refractivity contribution >= 4 is 39.6 Å². The lowest BCUT2D eigenvalue weighted by molar-refractivity contribution is -0.165. The summed E-state index contributed by atoms with van der Waals surface area (Å²) < 4.78 is 42.9. The molecule has 26 heavy (non-hydrogen) atoms. The van der Waals surface area contributed by atoms with Gasteiger partial charge < -0.3 is 9.73 Å². The summed E-state index contributed by atoms with van der Waals surface area (Å²) in [6, 6.07) is 10.1. The highest BCUT2D eigenvalue weighted by Crippen LogP contribution is 2.34. The van der Waals surface area contributed by atoms with Crippen molar-refractivity contribution in [3.8, 4) is 0 Å². The molecule has 2 aromatic heterocycles. The molecule has 3 aromatic rings. The maximum absolute atomic E-state index is 12.7. The quantitative estimate of drug-likeness (QED) is 0.491. The van der Waals surface area contributed by atoms with Crippen molar-refractivity contribution in [1.29, 1.82) is 0 Å². The number of ketones is 2. The lowest BCUT2D eigenvalue weighted by Crippen LogP contribution is -2.21. The predicted molar refractivity (Wildman–Crippen MR) is 92.4 cm³/mol. The van der Waals surface area contributed by atoms with E-state index in [0.29, 0.717) is 21.9 Å². The highest BCUT2D eigenvalue weighted by molar-refractivity contribution is 7.12. The van der Waals surface area contributed by atoms with Gasteiger partial charge in [-0.15, -0.1) is 11.3 Å². The second kappa shape index (κ2) is 6.80. The first-order valence-corrected chi connectivity index (χ1v) is 8.31. The number of anilines is 1. The van der Waals surface area contributed by atoms with Gasteiger partial charge in [-0.05, 0) is 30.5 Å². The Balaban J connectivity index is 2.04. The van der Waals surface area contributed by atoms with E-state index in [2.05, 4.69) is 5.32 Å². The van der Waals surface area contributed by atoms with Gasteiger partial charge in [0.1, 0.15) is 5.58 Å². The molecule has 0 spiro atoms. The lowest BCUT2D eigenvalue weighted by Gasteiger charge is -2.08. The number of nitrogens with one attached hydrogen (secondary N) is 1. The zero-order valence-corrected chi connectivity index (χ0v) is 14.2. The molecule has 0 unspecified atom stereocenters. The molecule has 0 bridgehead atoms. The molecule has 0 saturated carbocycles. The van der Waals surface area contributed by atoms with Gasteiger partial charge in [0.05, 0.1) is 10.6 Å².